The minimum absolute atomic E-state index is 0.0349. The van der Waals surface area contributed by atoms with Crippen molar-refractivity contribution in [3.05, 3.63) is 87.9 Å². The van der Waals surface area contributed by atoms with Crippen LogP contribution in [0.15, 0.2) is 59.8 Å². The zero-order valence-corrected chi connectivity index (χ0v) is 13.8. The molecule has 0 saturated heterocycles. The molecular weight excluding hydrogens is 316 g/mol. The topological polar surface area (TPSA) is 71.0 Å². The summed E-state index contributed by atoms with van der Waals surface area (Å²) in [7, 11) is 1.65. The maximum absolute atomic E-state index is 12.9. The Morgan fingerprint density at radius 3 is 2.76 bits per heavy atom. The second-order valence-corrected chi connectivity index (χ2v) is 6.28. The van der Waals surface area contributed by atoms with Gasteiger partial charge in [0, 0.05) is 31.8 Å². The molecule has 1 aliphatic rings. The van der Waals surface area contributed by atoms with E-state index in [0.717, 1.165) is 17.0 Å². The minimum atomic E-state index is -0.131. The number of rotatable bonds is 2. The van der Waals surface area contributed by atoms with E-state index in [9.17, 15) is 9.59 Å². The van der Waals surface area contributed by atoms with E-state index >= 15 is 0 Å². The third kappa shape index (κ3) is 2.76. The average molecular weight is 334 g/mol. The highest BCUT2D eigenvalue weighted by molar-refractivity contribution is 5.94. The summed E-state index contributed by atoms with van der Waals surface area (Å²) in [6, 6.07) is 13.1. The summed E-state index contributed by atoms with van der Waals surface area (Å²) in [6.07, 6.45) is 3.27. The monoisotopic (exact) mass is 334 g/mol. The zero-order valence-electron chi connectivity index (χ0n) is 13.8. The minimum Gasteiger partial charge on any atom is -0.347 e. The van der Waals surface area contributed by atoms with Crippen LogP contribution in [0.3, 0.4) is 0 Å². The number of hydrogen-bond donors (Lipinski definition) is 1. The fourth-order valence-corrected chi connectivity index (χ4v) is 3.33. The van der Waals surface area contributed by atoms with E-state index in [1.54, 1.807) is 30.5 Å². The Labute approximate surface area is 144 Å². The number of carbonyl (C=O) groups excluding carboxylic acids is 1. The van der Waals surface area contributed by atoms with Crippen molar-refractivity contribution in [1.29, 1.82) is 0 Å². The summed E-state index contributed by atoms with van der Waals surface area (Å²) in [5, 5.41) is 0. The van der Waals surface area contributed by atoms with Crippen LogP contribution in [0, 0.1) is 0 Å². The first-order valence-electron chi connectivity index (χ1n) is 8.16. The van der Waals surface area contributed by atoms with Gasteiger partial charge in [-0.25, -0.2) is 4.98 Å². The van der Waals surface area contributed by atoms with Gasteiger partial charge in [0.05, 0.1) is 29.8 Å². The molecule has 126 valence electrons. The third-order valence-electron chi connectivity index (χ3n) is 4.66. The second kappa shape index (κ2) is 6.05. The second-order valence-electron chi connectivity index (χ2n) is 6.28. The van der Waals surface area contributed by atoms with Crippen LogP contribution in [-0.4, -0.2) is 31.9 Å². The van der Waals surface area contributed by atoms with Crippen molar-refractivity contribution in [2.45, 2.75) is 12.5 Å². The van der Waals surface area contributed by atoms with E-state index in [-0.39, 0.29) is 17.4 Å². The van der Waals surface area contributed by atoms with Crippen LogP contribution in [0.1, 0.15) is 33.2 Å². The van der Waals surface area contributed by atoms with Crippen LogP contribution >= 0.6 is 0 Å². The van der Waals surface area contributed by atoms with Gasteiger partial charge in [-0.1, -0.05) is 30.3 Å². The van der Waals surface area contributed by atoms with Gasteiger partial charge >= 0.3 is 0 Å². The molecule has 1 aliphatic heterocycles. The lowest BCUT2D eigenvalue weighted by Crippen LogP contribution is -2.39. The summed E-state index contributed by atoms with van der Waals surface area (Å²) >= 11 is 0. The number of nitrogens with one attached hydrogen (secondary N) is 1. The third-order valence-corrected chi connectivity index (χ3v) is 4.66. The Balaban J connectivity index is 1.69. The number of aromatic amines is 1. The van der Waals surface area contributed by atoms with Crippen molar-refractivity contribution in [3.63, 3.8) is 0 Å². The number of benzene rings is 1. The number of aromatic nitrogens is 3. The molecule has 0 radical (unpaired) electrons. The van der Waals surface area contributed by atoms with Gasteiger partial charge in [0.1, 0.15) is 0 Å². The SMILES string of the molecule is Cn1cc(C(=O)N2Cc3[nH]cnc3C(c3ccccc3)C2)ccc1=O. The number of fused-ring (bicyclic) bond motifs is 1. The number of imidazole rings is 1. The van der Waals surface area contributed by atoms with Gasteiger partial charge in [0.2, 0.25) is 5.56 Å². The van der Waals surface area contributed by atoms with Crippen molar-refractivity contribution in [2.75, 3.05) is 6.54 Å². The molecule has 1 amide bonds. The molecule has 25 heavy (non-hydrogen) atoms. The molecule has 0 fully saturated rings. The van der Waals surface area contributed by atoms with Crippen LogP contribution in [-0.2, 0) is 13.6 Å². The first-order valence-corrected chi connectivity index (χ1v) is 8.16. The number of aryl methyl sites for hydroxylation is 1. The summed E-state index contributed by atoms with van der Waals surface area (Å²) in [5.41, 5.74) is 3.47. The first kappa shape index (κ1) is 15.4. The van der Waals surface area contributed by atoms with E-state index in [1.165, 1.54) is 10.6 Å². The highest BCUT2D eigenvalue weighted by Gasteiger charge is 2.31. The normalized spacial score (nSPS) is 16.5. The maximum Gasteiger partial charge on any atom is 0.255 e. The average Bonchev–Trinajstić information content (AvgIpc) is 3.12. The Morgan fingerprint density at radius 1 is 1.20 bits per heavy atom. The summed E-state index contributed by atoms with van der Waals surface area (Å²) in [4.78, 5) is 33.9. The molecule has 2 aromatic heterocycles. The molecule has 1 aromatic carbocycles. The number of carbonyl (C=O) groups is 1. The predicted octanol–water partition coefficient (Wildman–Crippen LogP) is 1.90. The Morgan fingerprint density at radius 2 is 2.00 bits per heavy atom. The van der Waals surface area contributed by atoms with Crippen LogP contribution in [0.4, 0.5) is 0 Å². The lowest BCUT2D eigenvalue weighted by Gasteiger charge is -2.32. The van der Waals surface area contributed by atoms with E-state index in [0.29, 0.717) is 18.7 Å². The molecule has 0 spiro atoms. The molecule has 1 unspecified atom stereocenters. The highest BCUT2D eigenvalue weighted by Crippen LogP contribution is 2.31. The molecule has 4 rings (SSSR count). The Bertz CT molecular complexity index is 974. The number of nitrogens with zero attached hydrogens (tertiary/aromatic N) is 3. The number of pyridine rings is 1. The molecule has 0 bridgehead atoms. The van der Waals surface area contributed by atoms with Gasteiger partial charge in [-0.05, 0) is 11.6 Å². The van der Waals surface area contributed by atoms with Crippen molar-refractivity contribution >= 4 is 5.91 Å². The summed E-state index contributed by atoms with van der Waals surface area (Å²) < 4.78 is 1.42. The quantitative estimate of drug-likeness (QED) is 0.778. The van der Waals surface area contributed by atoms with Crippen LogP contribution in [0.2, 0.25) is 0 Å². The van der Waals surface area contributed by atoms with E-state index < -0.39 is 0 Å². The van der Waals surface area contributed by atoms with Crippen LogP contribution in [0.25, 0.3) is 0 Å². The molecule has 6 nitrogen and oxygen atoms in total. The van der Waals surface area contributed by atoms with Crippen LogP contribution < -0.4 is 5.56 Å². The molecule has 3 heterocycles. The number of amides is 1. The molecular formula is C19H18N4O2. The highest BCUT2D eigenvalue weighted by atomic mass is 16.2. The van der Waals surface area contributed by atoms with E-state index in [4.69, 9.17) is 0 Å². The van der Waals surface area contributed by atoms with E-state index in [2.05, 4.69) is 22.1 Å². The summed E-state index contributed by atoms with van der Waals surface area (Å²) in [6.45, 7) is 1.05. The molecule has 1 N–H and O–H groups in total. The lowest BCUT2D eigenvalue weighted by molar-refractivity contribution is 0.0721. The van der Waals surface area contributed by atoms with Crippen molar-refractivity contribution in [1.82, 2.24) is 19.4 Å². The number of H-pyrrole nitrogens is 1. The molecule has 6 heteroatoms. The van der Waals surface area contributed by atoms with Crippen molar-refractivity contribution < 1.29 is 4.79 Å². The largest absolute Gasteiger partial charge is 0.347 e. The van der Waals surface area contributed by atoms with Gasteiger partial charge < -0.3 is 14.5 Å². The molecule has 1 atom stereocenters. The van der Waals surface area contributed by atoms with Gasteiger partial charge in [-0.2, -0.15) is 0 Å². The standard InChI is InChI=1S/C19H18N4O2/c1-22-9-14(7-8-17(22)24)19(25)23-10-15(13-5-3-2-4-6-13)18-16(11-23)20-12-21-18/h2-9,12,15H,10-11H2,1H3,(H,20,21). The first-order chi connectivity index (χ1) is 12.1. The van der Waals surface area contributed by atoms with Crippen LogP contribution in [0.5, 0.6) is 0 Å². The fourth-order valence-electron chi connectivity index (χ4n) is 3.33. The zero-order chi connectivity index (χ0) is 17.4. The Hall–Kier alpha value is -3.15. The van der Waals surface area contributed by atoms with Gasteiger partial charge in [-0.3, -0.25) is 9.59 Å². The molecule has 3 aromatic rings. The predicted molar refractivity (Wildman–Crippen MR) is 93.3 cm³/mol. The van der Waals surface area contributed by atoms with Gasteiger partial charge in [-0.15, -0.1) is 0 Å². The van der Waals surface area contributed by atoms with Gasteiger partial charge in [0.15, 0.2) is 0 Å². The Kier molecular flexibility index (Phi) is 3.72. The molecule has 0 saturated carbocycles. The smallest absolute Gasteiger partial charge is 0.255 e. The lowest BCUT2D eigenvalue weighted by atomic mass is 9.90. The maximum atomic E-state index is 12.9. The fraction of sp³-hybridized carbons (Fsp3) is 0.211. The van der Waals surface area contributed by atoms with Gasteiger partial charge in [0.25, 0.3) is 5.91 Å². The number of hydrogen-bond acceptors (Lipinski definition) is 3. The van der Waals surface area contributed by atoms with Crippen molar-refractivity contribution in [3.8, 4) is 0 Å². The molecule has 0 aliphatic carbocycles. The van der Waals surface area contributed by atoms with E-state index in [1.807, 2.05) is 18.2 Å². The van der Waals surface area contributed by atoms with Crippen molar-refractivity contribution in [2.24, 2.45) is 7.05 Å². The summed E-state index contributed by atoms with van der Waals surface area (Å²) in [5.74, 6) is -0.0514.